The van der Waals surface area contributed by atoms with E-state index in [4.69, 9.17) is 14.2 Å². The molecule has 6 nitrogen and oxygen atoms in total. The minimum atomic E-state index is -0.777. The van der Waals surface area contributed by atoms with Gasteiger partial charge in [-0.15, -0.1) is 0 Å². The average molecular weight is 362 g/mol. The summed E-state index contributed by atoms with van der Waals surface area (Å²) < 4.78 is 17.9. The summed E-state index contributed by atoms with van der Waals surface area (Å²) in [5.41, 5.74) is 1.24. The molecule has 2 N–H and O–H groups in total. The van der Waals surface area contributed by atoms with Crippen LogP contribution >= 0.6 is 0 Å². The highest BCUT2D eigenvalue weighted by molar-refractivity contribution is 5.47. The summed E-state index contributed by atoms with van der Waals surface area (Å²) >= 11 is 0. The van der Waals surface area contributed by atoms with E-state index in [1.54, 1.807) is 0 Å². The molecule has 144 valence electrons. The molecule has 26 heavy (non-hydrogen) atoms. The number of amides is 1. The van der Waals surface area contributed by atoms with Crippen LogP contribution in [0.2, 0.25) is 0 Å². The minimum Gasteiger partial charge on any atom is -0.448 e. The smallest absolute Gasteiger partial charge is 0.255 e. The number of hydrogen-bond donors (Lipinski definition) is 2. The van der Waals surface area contributed by atoms with Crippen LogP contribution in [-0.4, -0.2) is 38.5 Å². The lowest BCUT2D eigenvalue weighted by Gasteiger charge is -2.28. The van der Waals surface area contributed by atoms with Crippen LogP contribution in [-0.2, 0) is 9.53 Å². The summed E-state index contributed by atoms with van der Waals surface area (Å²) in [4.78, 5) is 10.6. The third-order valence-corrected chi connectivity index (χ3v) is 5.19. The molecule has 0 radical (unpaired) electrons. The summed E-state index contributed by atoms with van der Waals surface area (Å²) in [6.45, 7) is 7.01. The SMILES string of the molecule is CCOCCC1(CCNC=O)Oc2ccc([C@H]3CCC(C)CN3)cc2O1. The van der Waals surface area contributed by atoms with Crippen LogP contribution in [0, 0.1) is 5.92 Å². The molecule has 2 aliphatic rings. The Morgan fingerprint density at radius 1 is 1.31 bits per heavy atom. The van der Waals surface area contributed by atoms with Gasteiger partial charge in [-0.3, -0.25) is 4.79 Å². The van der Waals surface area contributed by atoms with Crippen LogP contribution in [0.25, 0.3) is 0 Å². The van der Waals surface area contributed by atoms with E-state index in [0.717, 1.165) is 30.4 Å². The molecule has 1 saturated heterocycles. The predicted molar refractivity (Wildman–Crippen MR) is 99.4 cm³/mol. The zero-order valence-corrected chi connectivity index (χ0v) is 15.8. The Bertz CT molecular complexity index is 601. The Labute approximate surface area is 155 Å². The summed E-state index contributed by atoms with van der Waals surface area (Å²) in [5, 5.41) is 6.31. The van der Waals surface area contributed by atoms with Crippen molar-refractivity contribution in [1.29, 1.82) is 0 Å². The van der Waals surface area contributed by atoms with E-state index < -0.39 is 5.79 Å². The minimum absolute atomic E-state index is 0.371. The molecule has 6 heteroatoms. The Hall–Kier alpha value is -1.79. The number of carbonyl (C=O) groups is 1. The van der Waals surface area contributed by atoms with Crippen molar-refractivity contribution in [3.05, 3.63) is 23.8 Å². The second-order valence-electron chi connectivity index (χ2n) is 7.23. The van der Waals surface area contributed by atoms with E-state index in [-0.39, 0.29) is 0 Å². The van der Waals surface area contributed by atoms with Gasteiger partial charge in [0.05, 0.1) is 6.61 Å². The van der Waals surface area contributed by atoms with Gasteiger partial charge in [0, 0.05) is 32.0 Å². The zero-order valence-electron chi connectivity index (χ0n) is 15.8. The highest BCUT2D eigenvalue weighted by atomic mass is 16.7. The number of rotatable bonds is 9. The molecular formula is C20H30N2O4. The first-order chi connectivity index (χ1) is 12.7. The third kappa shape index (κ3) is 4.48. The standard InChI is InChI=1S/C20H30N2O4/c1-3-24-11-9-20(8-10-21-14-23)25-18-7-5-16(12-19(18)26-20)17-6-4-15(2)13-22-17/h5,7,12,14-15,17,22H,3-4,6,8-11,13H2,1-2H3,(H,21,23)/t15?,17-,20?/m1/s1. The fourth-order valence-corrected chi connectivity index (χ4v) is 3.63. The fraction of sp³-hybridized carbons (Fsp3) is 0.650. The van der Waals surface area contributed by atoms with Crippen molar-refractivity contribution in [3.63, 3.8) is 0 Å². The Morgan fingerprint density at radius 3 is 2.88 bits per heavy atom. The molecule has 3 atom stereocenters. The molecule has 1 fully saturated rings. The highest BCUT2D eigenvalue weighted by Gasteiger charge is 2.41. The van der Waals surface area contributed by atoms with Crippen LogP contribution in [0.5, 0.6) is 11.5 Å². The lowest BCUT2D eigenvalue weighted by molar-refractivity contribution is -0.113. The van der Waals surface area contributed by atoms with E-state index in [1.165, 1.54) is 12.0 Å². The second-order valence-corrected chi connectivity index (χ2v) is 7.23. The fourth-order valence-electron chi connectivity index (χ4n) is 3.63. The van der Waals surface area contributed by atoms with Crippen molar-refractivity contribution in [2.45, 2.75) is 51.4 Å². The van der Waals surface area contributed by atoms with Crippen LogP contribution in [0.1, 0.15) is 51.1 Å². The third-order valence-electron chi connectivity index (χ3n) is 5.19. The molecular weight excluding hydrogens is 332 g/mol. The summed E-state index contributed by atoms with van der Waals surface area (Å²) in [6, 6.07) is 6.59. The number of piperidine rings is 1. The van der Waals surface area contributed by atoms with Crippen LogP contribution in [0.15, 0.2) is 18.2 Å². The van der Waals surface area contributed by atoms with Gasteiger partial charge in [0.15, 0.2) is 11.5 Å². The predicted octanol–water partition coefficient (Wildman–Crippen LogP) is 2.78. The van der Waals surface area contributed by atoms with E-state index in [0.29, 0.717) is 45.1 Å². The lowest BCUT2D eigenvalue weighted by atomic mass is 9.92. The molecule has 1 amide bonds. The molecule has 2 aliphatic heterocycles. The zero-order chi connectivity index (χ0) is 18.4. The molecule has 0 bridgehead atoms. The molecule has 0 saturated carbocycles. The maximum absolute atomic E-state index is 10.6. The number of carbonyl (C=O) groups excluding carboxylic acids is 1. The molecule has 0 spiro atoms. The van der Waals surface area contributed by atoms with E-state index in [9.17, 15) is 4.79 Å². The number of nitrogens with one attached hydrogen (secondary N) is 2. The van der Waals surface area contributed by atoms with Crippen molar-refractivity contribution < 1.29 is 19.0 Å². The highest BCUT2D eigenvalue weighted by Crippen LogP contribution is 2.44. The first-order valence-corrected chi connectivity index (χ1v) is 9.66. The first kappa shape index (κ1) is 19.0. The second kappa shape index (κ2) is 8.73. The summed E-state index contributed by atoms with van der Waals surface area (Å²) in [7, 11) is 0. The first-order valence-electron chi connectivity index (χ1n) is 9.66. The quantitative estimate of drug-likeness (QED) is 0.522. The maximum Gasteiger partial charge on any atom is 0.255 e. The number of fused-ring (bicyclic) bond motifs is 1. The number of hydrogen-bond acceptors (Lipinski definition) is 5. The van der Waals surface area contributed by atoms with Crippen LogP contribution < -0.4 is 20.1 Å². The largest absolute Gasteiger partial charge is 0.448 e. The van der Waals surface area contributed by atoms with E-state index >= 15 is 0 Å². The van der Waals surface area contributed by atoms with Gasteiger partial charge in [-0.05, 0) is 49.9 Å². The lowest BCUT2D eigenvalue weighted by Crippen LogP contribution is -2.42. The normalized spacial score (nSPS) is 27.3. The van der Waals surface area contributed by atoms with Crippen molar-refractivity contribution >= 4 is 6.41 Å². The summed E-state index contributed by atoms with van der Waals surface area (Å²) in [5.74, 6) is 1.50. The number of benzene rings is 1. The van der Waals surface area contributed by atoms with Crippen LogP contribution in [0.4, 0.5) is 0 Å². The molecule has 2 heterocycles. The van der Waals surface area contributed by atoms with Gasteiger partial charge in [0.2, 0.25) is 6.41 Å². The van der Waals surface area contributed by atoms with Gasteiger partial charge >= 0.3 is 0 Å². The average Bonchev–Trinajstić information content (AvgIpc) is 3.00. The van der Waals surface area contributed by atoms with E-state index in [1.807, 2.05) is 13.0 Å². The Kier molecular flexibility index (Phi) is 6.38. The molecule has 3 rings (SSSR count). The maximum atomic E-state index is 10.6. The Balaban J connectivity index is 1.70. The van der Waals surface area contributed by atoms with Crippen molar-refractivity contribution in [2.75, 3.05) is 26.3 Å². The van der Waals surface area contributed by atoms with Crippen LogP contribution in [0.3, 0.4) is 0 Å². The van der Waals surface area contributed by atoms with Gasteiger partial charge in [0.25, 0.3) is 5.79 Å². The van der Waals surface area contributed by atoms with E-state index in [2.05, 4.69) is 29.7 Å². The summed E-state index contributed by atoms with van der Waals surface area (Å²) in [6.07, 6.45) is 4.26. The Morgan fingerprint density at radius 2 is 2.15 bits per heavy atom. The molecule has 1 aromatic carbocycles. The molecule has 1 aromatic rings. The van der Waals surface area contributed by atoms with Crippen molar-refractivity contribution in [1.82, 2.24) is 10.6 Å². The monoisotopic (exact) mass is 362 g/mol. The van der Waals surface area contributed by atoms with Gasteiger partial charge in [-0.25, -0.2) is 0 Å². The molecule has 2 unspecified atom stereocenters. The topological polar surface area (TPSA) is 68.8 Å². The number of ether oxygens (including phenoxy) is 3. The van der Waals surface area contributed by atoms with Gasteiger partial charge in [0.1, 0.15) is 0 Å². The van der Waals surface area contributed by atoms with Crippen molar-refractivity contribution in [3.8, 4) is 11.5 Å². The van der Waals surface area contributed by atoms with Gasteiger partial charge < -0.3 is 24.8 Å². The van der Waals surface area contributed by atoms with Gasteiger partial charge in [-0.2, -0.15) is 0 Å². The molecule has 0 aromatic heterocycles. The molecule has 0 aliphatic carbocycles. The van der Waals surface area contributed by atoms with Crippen molar-refractivity contribution in [2.24, 2.45) is 5.92 Å². The van der Waals surface area contributed by atoms with Gasteiger partial charge in [-0.1, -0.05) is 13.0 Å².